The maximum Gasteiger partial charge on any atom is 0.411 e. The van der Waals surface area contributed by atoms with Crippen LogP contribution in [-0.2, 0) is 17.7 Å². The maximum absolute atomic E-state index is 12.7. The summed E-state index contributed by atoms with van der Waals surface area (Å²) in [4.78, 5) is 19.0. The van der Waals surface area contributed by atoms with Crippen LogP contribution in [0.25, 0.3) is 0 Å². The largest absolute Gasteiger partial charge is 0.444 e. The fourth-order valence-corrected chi connectivity index (χ4v) is 3.17. The van der Waals surface area contributed by atoms with E-state index in [1.807, 2.05) is 31.7 Å². The van der Waals surface area contributed by atoms with Crippen LogP contribution in [0.15, 0.2) is 12.1 Å². The van der Waals surface area contributed by atoms with Gasteiger partial charge in [-0.2, -0.15) is 0 Å². The van der Waals surface area contributed by atoms with E-state index >= 15 is 0 Å². The minimum atomic E-state index is -0.497. The molecule has 22 heavy (non-hydrogen) atoms. The summed E-state index contributed by atoms with van der Waals surface area (Å²) in [6, 6.07) is 3.73. The van der Waals surface area contributed by atoms with Crippen LogP contribution < -0.4 is 0 Å². The highest BCUT2D eigenvalue weighted by Gasteiger charge is 2.43. The SMILES string of the molecule is CCC1(CC)Cc2nc(Cl)ccc2CN1C(=O)OC(C)(C)C. The zero-order chi connectivity index (χ0) is 16.5. The van der Waals surface area contributed by atoms with Crippen molar-refractivity contribution in [3.63, 3.8) is 0 Å². The Labute approximate surface area is 137 Å². The highest BCUT2D eigenvalue weighted by Crippen LogP contribution is 2.36. The number of amides is 1. The molecule has 2 rings (SSSR count). The van der Waals surface area contributed by atoms with E-state index in [1.54, 1.807) is 6.07 Å². The van der Waals surface area contributed by atoms with Crippen LogP contribution in [-0.4, -0.2) is 27.1 Å². The van der Waals surface area contributed by atoms with Crippen molar-refractivity contribution in [3.8, 4) is 0 Å². The molecule has 0 saturated carbocycles. The zero-order valence-electron chi connectivity index (χ0n) is 14.1. The van der Waals surface area contributed by atoms with E-state index in [4.69, 9.17) is 16.3 Å². The highest BCUT2D eigenvalue weighted by molar-refractivity contribution is 6.29. The van der Waals surface area contributed by atoms with Gasteiger partial charge in [0.2, 0.25) is 0 Å². The molecule has 1 aromatic heterocycles. The second kappa shape index (κ2) is 6.07. The van der Waals surface area contributed by atoms with E-state index in [-0.39, 0.29) is 11.6 Å². The van der Waals surface area contributed by atoms with Crippen LogP contribution in [0.3, 0.4) is 0 Å². The molecule has 0 fully saturated rings. The molecule has 1 aliphatic heterocycles. The molecule has 0 aromatic carbocycles. The standard InChI is InChI=1S/C17H25ClN2O2/c1-6-17(7-2)10-13-12(8-9-14(18)19-13)11-20(17)15(21)22-16(3,4)5/h8-9H,6-7,10-11H2,1-5H3. The minimum Gasteiger partial charge on any atom is -0.444 e. The Bertz CT molecular complexity index is 562. The third kappa shape index (κ3) is 3.37. The van der Waals surface area contributed by atoms with Crippen LogP contribution >= 0.6 is 11.6 Å². The Morgan fingerprint density at radius 1 is 1.36 bits per heavy atom. The van der Waals surface area contributed by atoms with Crippen molar-refractivity contribution < 1.29 is 9.53 Å². The van der Waals surface area contributed by atoms with Crippen molar-refractivity contribution in [2.24, 2.45) is 0 Å². The molecule has 0 radical (unpaired) electrons. The number of nitrogens with zero attached hydrogens (tertiary/aromatic N) is 2. The van der Waals surface area contributed by atoms with Crippen LogP contribution in [0, 0.1) is 0 Å². The Morgan fingerprint density at radius 2 is 2.00 bits per heavy atom. The van der Waals surface area contributed by atoms with Crippen LogP contribution in [0.4, 0.5) is 4.79 Å². The molecule has 4 nitrogen and oxygen atoms in total. The first-order chi connectivity index (χ1) is 10.2. The lowest BCUT2D eigenvalue weighted by molar-refractivity contribution is -0.0137. The Hall–Kier alpha value is -1.29. The van der Waals surface area contributed by atoms with Crippen molar-refractivity contribution in [1.82, 2.24) is 9.88 Å². The predicted octanol–water partition coefficient (Wildman–Crippen LogP) is 4.59. The third-order valence-corrected chi connectivity index (χ3v) is 4.57. The van der Waals surface area contributed by atoms with Gasteiger partial charge in [-0.05, 0) is 45.2 Å². The van der Waals surface area contributed by atoms with Gasteiger partial charge in [0.1, 0.15) is 10.8 Å². The fraction of sp³-hybridized carbons (Fsp3) is 0.647. The average Bonchev–Trinajstić information content (AvgIpc) is 2.43. The van der Waals surface area contributed by atoms with Crippen LogP contribution in [0.5, 0.6) is 0 Å². The summed E-state index contributed by atoms with van der Waals surface area (Å²) in [6.45, 7) is 10.4. The van der Waals surface area contributed by atoms with Crippen LogP contribution in [0.2, 0.25) is 5.15 Å². The first kappa shape index (κ1) is 17.1. The molecule has 0 N–H and O–H groups in total. The molecule has 0 saturated heterocycles. The second-order valence-electron chi connectivity index (χ2n) is 6.91. The van der Waals surface area contributed by atoms with Crippen molar-refractivity contribution >= 4 is 17.7 Å². The van der Waals surface area contributed by atoms with E-state index in [0.717, 1.165) is 30.5 Å². The number of fused-ring (bicyclic) bond motifs is 1. The smallest absolute Gasteiger partial charge is 0.411 e. The number of pyridine rings is 1. The minimum absolute atomic E-state index is 0.253. The Kier molecular flexibility index (Phi) is 4.71. The van der Waals surface area contributed by atoms with E-state index in [9.17, 15) is 4.79 Å². The van der Waals surface area contributed by atoms with Gasteiger partial charge < -0.3 is 4.74 Å². The second-order valence-corrected chi connectivity index (χ2v) is 7.30. The van der Waals surface area contributed by atoms with Gasteiger partial charge in [-0.1, -0.05) is 31.5 Å². The molecule has 0 spiro atoms. The van der Waals surface area contributed by atoms with Gasteiger partial charge >= 0.3 is 6.09 Å². The number of carbonyl (C=O) groups excluding carboxylic acids is 1. The average molecular weight is 325 g/mol. The first-order valence-electron chi connectivity index (χ1n) is 7.85. The van der Waals surface area contributed by atoms with Crippen molar-refractivity contribution in [2.45, 2.75) is 71.6 Å². The van der Waals surface area contributed by atoms with Gasteiger partial charge in [0, 0.05) is 12.1 Å². The molecular formula is C17H25ClN2O2. The van der Waals surface area contributed by atoms with Gasteiger partial charge in [-0.15, -0.1) is 0 Å². The zero-order valence-corrected chi connectivity index (χ0v) is 14.8. The molecule has 0 bridgehead atoms. The molecule has 1 aliphatic rings. The van der Waals surface area contributed by atoms with Crippen molar-refractivity contribution in [1.29, 1.82) is 0 Å². The first-order valence-corrected chi connectivity index (χ1v) is 8.23. The number of hydrogen-bond donors (Lipinski definition) is 0. The van der Waals surface area contributed by atoms with Crippen molar-refractivity contribution in [2.75, 3.05) is 0 Å². The van der Waals surface area contributed by atoms with Gasteiger partial charge in [0.05, 0.1) is 12.1 Å². The summed E-state index contributed by atoms with van der Waals surface area (Å²) < 4.78 is 5.62. The van der Waals surface area contributed by atoms with Gasteiger partial charge in [0.15, 0.2) is 0 Å². The van der Waals surface area contributed by atoms with E-state index in [2.05, 4.69) is 18.8 Å². The molecule has 0 aliphatic carbocycles. The molecule has 2 heterocycles. The molecule has 0 unspecified atom stereocenters. The number of hydrogen-bond acceptors (Lipinski definition) is 3. The number of halogens is 1. The molecule has 122 valence electrons. The summed E-state index contributed by atoms with van der Waals surface area (Å²) in [5, 5.41) is 0.505. The number of rotatable bonds is 2. The van der Waals surface area contributed by atoms with Gasteiger partial charge in [-0.3, -0.25) is 4.90 Å². The fourth-order valence-electron chi connectivity index (χ4n) is 3.00. The third-order valence-electron chi connectivity index (χ3n) is 4.36. The lowest BCUT2D eigenvalue weighted by Crippen LogP contribution is -2.56. The Balaban J connectivity index is 2.38. The molecule has 0 atom stereocenters. The van der Waals surface area contributed by atoms with Gasteiger partial charge in [-0.25, -0.2) is 9.78 Å². The van der Waals surface area contributed by atoms with E-state index in [0.29, 0.717) is 11.7 Å². The number of carbonyl (C=O) groups is 1. The monoisotopic (exact) mass is 324 g/mol. The highest BCUT2D eigenvalue weighted by atomic mass is 35.5. The summed E-state index contributed by atoms with van der Waals surface area (Å²) in [5.74, 6) is 0. The topological polar surface area (TPSA) is 42.4 Å². The number of aromatic nitrogens is 1. The predicted molar refractivity (Wildman–Crippen MR) is 88.0 cm³/mol. The quantitative estimate of drug-likeness (QED) is 0.747. The summed E-state index contributed by atoms with van der Waals surface area (Å²) in [7, 11) is 0. The summed E-state index contributed by atoms with van der Waals surface area (Å²) in [5.41, 5.74) is 1.29. The van der Waals surface area contributed by atoms with E-state index < -0.39 is 5.60 Å². The summed E-state index contributed by atoms with van der Waals surface area (Å²) in [6.07, 6.45) is 2.18. The summed E-state index contributed by atoms with van der Waals surface area (Å²) >= 11 is 6.03. The molecule has 1 amide bonds. The van der Waals surface area contributed by atoms with Gasteiger partial charge in [0.25, 0.3) is 0 Å². The molecule has 5 heteroatoms. The van der Waals surface area contributed by atoms with Crippen LogP contribution in [0.1, 0.15) is 58.7 Å². The maximum atomic E-state index is 12.7. The molecular weight excluding hydrogens is 300 g/mol. The number of ether oxygens (including phenoxy) is 1. The lowest BCUT2D eigenvalue weighted by atomic mass is 9.81. The lowest BCUT2D eigenvalue weighted by Gasteiger charge is -2.46. The van der Waals surface area contributed by atoms with Crippen molar-refractivity contribution in [3.05, 3.63) is 28.5 Å². The van der Waals surface area contributed by atoms with E-state index in [1.165, 1.54) is 0 Å². The normalized spacial score (nSPS) is 17.1. The Morgan fingerprint density at radius 3 is 2.55 bits per heavy atom. The molecule has 1 aromatic rings.